The van der Waals surface area contributed by atoms with Crippen molar-refractivity contribution >= 4 is 0 Å². The molecule has 2 aliphatic rings. The van der Waals surface area contributed by atoms with Gasteiger partial charge in [0.25, 0.3) is 0 Å². The highest BCUT2D eigenvalue weighted by atomic mass is 15.1. The zero-order valence-electron chi connectivity index (χ0n) is 12.6. The van der Waals surface area contributed by atoms with Crippen LogP contribution in [-0.4, -0.2) is 23.5 Å². The van der Waals surface area contributed by atoms with Crippen LogP contribution in [0.4, 0.5) is 0 Å². The molecule has 1 aliphatic heterocycles. The molecule has 0 bridgehead atoms. The first kappa shape index (κ1) is 14.1. The van der Waals surface area contributed by atoms with Crippen LogP contribution in [0.5, 0.6) is 0 Å². The van der Waals surface area contributed by atoms with Crippen molar-refractivity contribution in [2.75, 3.05) is 13.1 Å². The van der Waals surface area contributed by atoms with Gasteiger partial charge in [0.05, 0.1) is 0 Å². The molecule has 0 spiro atoms. The number of rotatable bonds is 5. The van der Waals surface area contributed by atoms with Crippen LogP contribution in [0.25, 0.3) is 0 Å². The van der Waals surface area contributed by atoms with Crippen LogP contribution in [0.15, 0.2) is 30.3 Å². The zero-order valence-corrected chi connectivity index (χ0v) is 12.6. The van der Waals surface area contributed by atoms with Crippen LogP contribution in [0.3, 0.4) is 0 Å². The fourth-order valence-electron chi connectivity index (χ4n) is 3.42. The second kappa shape index (κ2) is 6.28. The van der Waals surface area contributed by atoms with Crippen LogP contribution >= 0.6 is 0 Å². The first-order valence-electron chi connectivity index (χ1n) is 8.29. The summed E-state index contributed by atoms with van der Waals surface area (Å²) in [5.41, 5.74) is 7.92. The third kappa shape index (κ3) is 4.07. The summed E-state index contributed by atoms with van der Waals surface area (Å²) >= 11 is 0. The Labute approximate surface area is 123 Å². The summed E-state index contributed by atoms with van der Waals surface area (Å²) in [6.07, 6.45) is 9.27. The molecule has 3 rings (SSSR count). The average molecular weight is 272 g/mol. The summed E-state index contributed by atoms with van der Waals surface area (Å²) < 4.78 is 0. The van der Waals surface area contributed by atoms with E-state index in [9.17, 15) is 0 Å². The van der Waals surface area contributed by atoms with Crippen LogP contribution < -0.4 is 5.73 Å². The smallest absolute Gasteiger partial charge is 0.0233 e. The van der Waals surface area contributed by atoms with E-state index in [4.69, 9.17) is 5.73 Å². The quantitative estimate of drug-likeness (QED) is 0.888. The van der Waals surface area contributed by atoms with E-state index in [1.165, 1.54) is 63.6 Å². The fourth-order valence-corrected chi connectivity index (χ4v) is 3.42. The molecule has 1 saturated heterocycles. The van der Waals surface area contributed by atoms with Gasteiger partial charge in [-0.25, -0.2) is 0 Å². The van der Waals surface area contributed by atoms with Gasteiger partial charge in [0.1, 0.15) is 0 Å². The van der Waals surface area contributed by atoms with E-state index in [-0.39, 0.29) is 5.54 Å². The Bertz CT molecular complexity index is 411. The lowest BCUT2D eigenvalue weighted by molar-refractivity contribution is 0.270. The molecule has 1 saturated carbocycles. The molecule has 0 aromatic heterocycles. The molecule has 20 heavy (non-hydrogen) atoms. The first-order valence-corrected chi connectivity index (χ1v) is 8.29. The molecule has 1 aromatic rings. The maximum atomic E-state index is 6.22. The molecule has 1 aromatic carbocycles. The van der Waals surface area contributed by atoms with Crippen molar-refractivity contribution in [1.82, 2.24) is 4.90 Å². The Morgan fingerprint density at radius 2 is 1.90 bits per heavy atom. The molecule has 1 atom stereocenters. The van der Waals surface area contributed by atoms with Crippen LogP contribution in [0, 0.1) is 5.92 Å². The lowest BCUT2D eigenvalue weighted by atomic mass is 9.93. The molecule has 1 heterocycles. The Morgan fingerprint density at radius 1 is 1.10 bits per heavy atom. The molecule has 1 unspecified atom stereocenters. The Hall–Kier alpha value is -0.860. The summed E-state index contributed by atoms with van der Waals surface area (Å²) in [6, 6.07) is 10.9. The minimum absolute atomic E-state index is 0.246. The van der Waals surface area contributed by atoms with Crippen molar-refractivity contribution in [3.05, 3.63) is 35.9 Å². The van der Waals surface area contributed by atoms with Crippen molar-refractivity contribution in [3.63, 3.8) is 0 Å². The van der Waals surface area contributed by atoms with Crippen molar-refractivity contribution in [2.24, 2.45) is 11.7 Å². The Morgan fingerprint density at radius 3 is 2.65 bits per heavy atom. The second-order valence-corrected chi connectivity index (χ2v) is 6.96. The maximum Gasteiger partial charge on any atom is 0.0233 e. The van der Waals surface area contributed by atoms with Crippen LogP contribution in [0.1, 0.15) is 50.5 Å². The molecule has 1 aliphatic carbocycles. The molecule has 0 amide bonds. The van der Waals surface area contributed by atoms with E-state index in [2.05, 4.69) is 35.2 Å². The highest BCUT2D eigenvalue weighted by Crippen LogP contribution is 2.38. The monoisotopic (exact) mass is 272 g/mol. The fraction of sp³-hybridized carbons (Fsp3) is 0.667. The third-order valence-electron chi connectivity index (χ3n) is 5.13. The van der Waals surface area contributed by atoms with E-state index in [1.54, 1.807) is 0 Å². The van der Waals surface area contributed by atoms with Gasteiger partial charge in [0, 0.05) is 12.1 Å². The molecule has 2 nitrogen and oxygen atoms in total. The number of nitrogens with two attached hydrogens (primary N) is 1. The van der Waals surface area contributed by atoms with E-state index in [0.29, 0.717) is 0 Å². The van der Waals surface area contributed by atoms with Gasteiger partial charge >= 0.3 is 0 Å². The van der Waals surface area contributed by atoms with E-state index >= 15 is 0 Å². The van der Waals surface area contributed by atoms with Gasteiger partial charge in [-0.2, -0.15) is 0 Å². The third-order valence-corrected chi connectivity index (χ3v) is 5.13. The minimum atomic E-state index is 0.246. The van der Waals surface area contributed by atoms with Crippen LogP contribution in [0.2, 0.25) is 0 Å². The lowest BCUT2D eigenvalue weighted by Gasteiger charge is -2.20. The maximum absolute atomic E-state index is 6.22. The summed E-state index contributed by atoms with van der Waals surface area (Å²) in [4.78, 5) is 2.63. The number of hydrogen-bond donors (Lipinski definition) is 1. The SMILES string of the molecule is NC1(CCC2CCCN(Cc3ccccc3)CC2)CC1. The van der Waals surface area contributed by atoms with Crippen molar-refractivity contribution in [1.29, 1.82) is 0 Å². The molecular formula is C18H28N2. The second-order valence-electron chi connectivity index (χ2n) is 6.96. The predicted molar refractivity (Wildman–Crippen MR) is 84.4 cm³/mol. The minimum Gasteiger partial charge on any atom is -0.325 e. The molecular weight excluding hydrogens is 244 g/mol. The standard InChI is InChI=1S/C18H28N2/c19-18(11-12-18)10-8-16-7-4-13-20(14-9-16)15-17-5-2-1-3-6-17/h1-3,5-6,16H,4,7-15,19H2. The molecule has 110 valence electrons. The van der Waals surface area contributed by atoms with Gasteiger partial charge < -0.3 is 5.73 Å². The predicted octanol–water partition coefficient (Wildman–Crippen LogP) is 3.56. The number of hydrogen-bond acceptors (Lipinski definition) is 2. The largest absolute Gasteiger partial charge is 0.325 e. The van der Waals surface area contributed by atoms with Gasteiger partial charge in [-0.05, 0) is 69.5 Å². The van der Waals surface area contributed by atoms with E-state index in [1.807, 2.05) is 0 Å². The Balaban J connectivity index is 1.44. The molecule has 2 fully saturated rings. The zero-order chi connectivity index (χ0) is 13.8. The topological polar surface area (TPSA) is 29.3 Å². The van der Waals surface area contributed by atoms with Crippen molar-refractivity contribution in [3.8, 4) is 0 Å². The van der Waals surface area contributed by atoms with Crippen LogP contribution in [-0.2, 0) is 6.54 Å². The highest BCUT2D eigenvalue weighted by molar-refractivity contribution is 5.14. The number of nitrogens with zero attached hydrogens (tertiary/aromatic N) is 1. The number of likely N-dealkylation sites (tertiary alicyclic amines) is 1. The lowest BCUT2D eigenvalue weighted by Crippen LogP contribution is -2.25. The summed E-state index contributed by atoms with van der Waals surface area (Å²) in [6.45, 7) is 3.64. The number of benzene rings is 1. The van der Waals surface area contributed by atoms with Gasteiger partial charge in [-0.15, -0.1) is 0 Å². The van der Waals surface area contributed by atoms with E-state index in [0.717, 1.165) is 12.5 Å². The van der Waals surface area contributed by atoms with Gasteiger partial charge in [0.2, 0.25) is 0 Å². The summed E-state index contributed by atoms with van der Waals surface area (Å²) in [5, 5.41) is 0. The van der Waals surface area contributed by atoms with Gasteiger partial charge in [0.15, 0.2) is 0 Å². The molecule has 2 N–H and O–H groups in total. The molecule has 0 radical (unpaired) electrons. The van der Waals surface area contributed by atoms with Crippen molar-refractivity contribution in [2.45, 2.75) is 57.0 Å². The van der Waals surface area contributed by atoms with Crippen molar-refractivity contribution < 1.29 is 0 Å². The highest BCUT2D eigenvalue weighted by Gasteiger charge is 2.37. The van der Waals surface area contributed by atoms with E-state index < -0.39 is 0 Å². The summed E-state index contributed by atoms with van der Waals surface area (Å²) in [7, 11) is 0. The van der Waals surface area contributed by atoms with Gasteiger partial charge in [-0.3, -0.25) is 4.90 Å². The summed E-state index contributed by atoms with van der Waals surface area (Å²) in [5.74, 6) is 0.914. The molecule has 2 heteroatoms. The van der Waals surface area contributed by atoms with Gasteiger partial charge in [-0.1, -0.05) is 30.3 Å². The Kier molecular flexibility index (Phi) is 4.42. The average Bonchev–Trinajstić information content (AvgIpc) is 3.23. The first-order chi connectivity index (χ1) is 9.73. The normalized spacial score (nSPS) is 26.1.